The summed E-state index contributed by atoms with van der Waals surface area (Å²) >= 11 is 0. The summed E-state index contributed by atoms with van der Waals surface area (Å²) < 4.78 is 28.3. The van der Waals surface area contributed by atoms with Gasteiger partial charge < -0.3 is 16.6 Å². The summed E-state index contributed by atoms with van der Waals surface area (Å²) in [5.74, 6) is -0.0298. The van der Waals surface area contributed by atoms with E-state index in [9.17, 15) is 18.3 Å². The highest BCUT2D eigenvalue weighted by Gasteiger charge is 2.31. The third kappa shape index (κ3) is 6.85. The molecule has 42 heavy (non-hydrogen) atoms. The number of nitrogens with one attached hydrogen (secondary N) is 1. The first kappa shape index (κ1) is 29.4. The molecule has 0 saturated heterocycles. The number of aromatic nitrogens is 1. The minimum absolute atomic E-state index is 0.0297. The summed E-state index contributed by atoms with van der Waals surface area (Å²) in [6.07, 6.45) is 5.77. The van der Waals surface area contributed by atoms with Crippen LogP contribution >= 0.6 is 0 Å². The molecule has 220 valence electrons. The normalized spacial score (nSPS) is 18.2. The van der Waals surface area contributed by atoms with Crippen LogP contribution < -0.4 is 16.2 Å². The van der Waals surface area contributed by atoms with Crippen LogP contribution in [0.3, 0.4) is 0 Å². The largest absolute Gasteiger partial charge is 0.399 e. The van der Waals surface area contributed by atoms with Crippen molar-refractivity contribution in [3.05, 3.63) is 77.6 Å². The van der Waals surface area contributed by atoms with Gasteiger partial charge in [-0.05, 0) is 60.7 Å². The number of pyridine rings is 1. The van der Waals surface area contributed by atoms with E-state index in [2.05, 4.69) is 14.7 Å². The van der Waals surface area contributed by atoms with Crippen molar-refractivity contribution >= 4 is 39.2 Å². The minimum atomic E-state index is -3.80. The zero-order chi connectivity index (χ0) is 29.9. The predicted molar refractivity (Wildman–Crippen MR) is 161 cm³/mol. The maximum absolute atomic E-state index is 13.5. The van der Waals surface area contributed by atoms with E-state index in [0.717, 1.165) is 5.56 Å². The second-order valence-electron chi connectivity index (χ2n) is 10.5. The van der Waals surface area contributed by atoms with E-state index in [0.29, 0.717) is 59.4 Å². The van der Waals surface area contributed by atoms with Gasteiger partial charge in [-0.2, -0.15) is 0 Å². The lowest BCUT2D eigenvalue weighted by atomic mass is 9.91. The highest BCUT2D eigenvalue weighted by atomic mass is 32.2. The predicted octanol–water partition coefficient (Wildman–Crippen LogP) is 3.28. The highest BCUT2D eigenvalue weighted by Crippen LogP contribution is 2.33. The summed E-state index contributed by atoms with van der Waals surface area (Å²) in [4.78, 5) is 28.1. The van der Waals surface area contributed by atoms with Crippen LogP contribution in [0.25, 0.3) is 17.2 Å². The van der Waals surface area contributed by atoms with Crippen molar-refractivity contribution in [1.29, 1.82) is 0 Å². The van der Waals surface area contributed by atoms with Gasteiger partial charge in [0.2, 0.25) is 10.0 Å². The summed E-state index contributed by atoms with van der Waals surface area (Å²) in [5, 5.41) is 10.8. The van der Waals surface area contributed by atoms with Crippen molar-refractivity contribution < 1.29 is 23.2 Å². The van der Waals surface area contributed by atoms with Crippen molar-refractivity contribution in [2.45, 2.75) is 56.3 Å². The van der Waals surface area contributed by atoms with E-state index >= 15 is 0 Å². The lowest BCUT2D eigenvalue weighted by molar-refractivity contribution is -0.187. The van der Waals surface area contributed by atoms with Gasteiger partial charge >= 0.3 is 0 Å². The van der Waals surface area contributed by atoms with Gasteiger partial charge in [0.05, 0.1) is 11.8 Å². The molecule has 0 radical (unpaired) electrons. The van der Waals surface area contributed by atoms with Crippen LogP contribution in [0, 0.1) is 0 Å². The summed E-state index contributed by atoms with van der Waals surface area (Å²) in [5.41, 5.74) is 16.5. The number of nitrogens with zero attached hydrogens (tertiary/aromatic N) is 3. The standard InChI is InChI=1S/C30H34N6O5S/c1-2-9-36(41-18-19-3-7-24(31)8-4-19)30(38)22-10-21-6-5-20(12-28(21)34-29(32)13-22)23-11-27(17-33-16-23)42(39,40)35-25-14-26(37)15-25/h3-8,10-12,16-17,25-26,35,37H,2,9,13-15,18,31H2,1H3,(H2,32,34). The Kier molecular flexibility index (Phi) is 8.69. The van der Waals surface area contributed by atoms with Crippen LogP contribution in [-0.4, -0.2) is 54.0 Å². The van der Waals surface area contributed by atoms with Crippen molar-refractivity contribution in [2.75, 3.05) is 12.3 Å². The summed E-state index contributed by atoms with van der Waals surface area (Å²) in [6.45, 7) is 2.57. The molecule has 2 aromatic carbocycles. The Balaban J connectivity index is 1.37. The van der Waals surface area contributed by atoms with Crippen molar-refractivity contribution in [2.24, 2.45) is 10.7 Å². The molecule has 1 amide bonds. The number of nitrogen functional groups attached to an aromatic ring is 1. The van der Waals surface area contributed by atoms with Gasteiger partial charge in [0.1, 0.15) is 17.3 Å². The monoisotopic (exact) mass is 590 g/mol. The number of aliphatic hydroxyl groups is 1. The average molecular weight is 591 g/mol. The fourth-order valence-corrected chi connectivity index (χ4v) is 6.01. The van der Waals surface area contributed by atoms with E-state index in [4.69, 9.17) is 16.3 Å². The Morgan fingerprint density at radius 3 is 2.57 bits per heavy atom. The number of rotatable bonds is 10. The number of carbonyl (C=O) groups excluding carboxylic acids is 1. The SMILES string of the molecule is CCCN(OCc1ccc(N)cc1)C(=O)C1=Cc2ccc(-c3cncc(S(=O)(=O)NC4CC(O)C4)c3)cc2N=C(N)C1. The van der Waals surface area contributed by atoms with Crippen LogP contribution in [0.5, 0.6) is 0 Å². The molecule has 0 atom stereocenters. The lowest BCUT2D eigenvalue weighted by Crippen LogP contribution is -2.46. The number of amides is 1. The Bertz CT molecular complexity index is 1630. The second kappa shape index (κ2) is 12.4. The van der Waals surface area contributed by atoms with Crippen LogP contribution in [0.2, 0.25) is 0 Å². The smallest absolute Gasteiger partial charge is 0.273 e. The van der Waals surface area contributed by atoms with Gasteiger partial charge in [0, 0.05) is 53.8 Å². The molecule has 11 nitrogen and oxygen atoms in total. The third-order valence-corrected chi connectivity index (χ3v) is 8.57. The Morgan fingerprint density at radius 1 is 1.10 bits per heavy atom. The average Bonchev–Trinajstić information content (AvgIpc) is 3.12. The molecule has 12 heteroatoms. The van der Waals surface area contributed by atoms with E-state index in [1.165, 1.54) is 11.3 Å². The number of anilines is 1. The Morgan fingerprint density at radius 2 is 1.86 bits per heavy atom. The molecule has 0 spiro atoms. The highest BCUT2D eigenvalue weighted by molar-refractivity contribution is 7.89. The number of benzene rings is 2. The van der Waals surface area contributed by atoms with E-state index in [1.807, 2.05) is 31.2 Å². The zero-order valence-corrected chi connectivity index (χ0v) is 24.0. The maximum Gasteiger partial charge on any atom is 0.273 e. The summed E-state index contributed by atoms with van der Waals surface area (Å²) in [6, 6.07) is 13.9. The van der Waals surface area contributed by atoms with Gasteiger partial charge in [0.15, 0.2) is 0 Å². The second-order valence-corrected chi connectivity index (χ2v) is 12.2. The molecule has 1 aliphatic carbocycles. The summed E-state index contributed by atoms with van der Waals surface area (Å²) in [7, 11) is -3.80. The van der Waals surface area contributed by atoms with E-state index < -0.39 is 16.1 Å². The van der Waals surface area contributed by atoms with Crippen molar-refractivity contribution in [1.82, 2.24) is 14.8 Å². The van der Waals surface area contributed by atoms with Crippen LogP contribution in [-0.2, 0) is 26.3 Å². The Hall–Kier alpha value is -4.10. The molecule has 2 aliphatic rings. The molecule has 0 bridgehead atoms. The van der Waals surface area contributed by atoms with Crippen molar-refractivity contribution in [3.63, 3.8) is 0 Å². The maximum atomic E-state index is 13.5. The number of hydroxylamine groups is 2. The zero-order valence-electron chi connectivity index (χ0n) is 23.2. The first-order chi connectivity index (χ1) is 20.1. The number of hydrogen-bond donors (Lipinski definition) is 4. The topological polar surface area (TPSA) is 173 Å². The number of aliphatic imine (C=N–C) groups is 1. The molecule has 6 N–H and O–H groups in total. The van der Waals surface area contributed by atoms with Crippen LogP contribution in [0.1, 0.15) is 43.7 Å². The quantitative estimate of drug-likeness (QED) is 0.206. The van der Waals surface area contributed by atoms with Gasteiger partial charge in [-0.25, -0.2) is 23.2 Å². The molecular weight excluding hydrogens is 556 g/mol. The van der Waals surface area contributed by atoms with E-state index in [1.54, 1.807) is 36.5 Å². The number of carbonyl (C=O) groups is 1. The molecule has 5 rings (SSSR count). The number of fused-ring (bicyclic) bond motifs is 1. The molecule has 1 aromatic heterocycles. The number of nitrogens with two attached hydrogens (primary N) is 2. The van der Waals surface area contributed by atoms with Crippen LogP contribution in [0.15, 0.2) is 76.4 Å². The Labute approximate surface area is 244 Å². The number of sulfonamides is 1. The molecule has 1 saturated carbocycles. The van der Waals surface area contributed by atoms with Crippen LogP contribution in [0.4, 0.5) is 11.4 Å². The molecule has 3 aromatic rings. The van der Waals surface area contributed by atoms with Gasteiger partial charge in [-0.1, -0.05) is 31.2 Å². The van der Waals surface area contributed by atoms with Crippen molar-refractivity contribution in [3.8, 4) is 11.1 Å². The van der Waals surface area contributed by atoms with E-state index in [-0.39, 0.29) is 35.7 Å². The molecule has 0 unspecified atom stereocenters. The first-order valence-corrected chi connectivity index (χ1v) is 15.2. The fraction of sp³-hybridized carbons (Fsp3) is 0.300. The number of aliphatic hydroxyl groups excluding tert-OH is 1. The first-order valence-electron chi connectivity index (χ1n) is 13.7. The molecule has 1 fully saturated rings. The molecule has 1 aliphatic heterocycles. The van der Waals surface area contributed by atoms with Gasteiger partial charge in [-0.3, -0.25) is 14.6 Å². The number of hydrogen-bond acceptors (Lipinski definition) is 9. The lowest BCUT2D eigenvalue weighted by Gasteiger charge is -2.31. The number of amidine groups is 1. The fourth-order valence-electron chi connectivity index (χ4n) is 4.76. The third-order valence-electron chi connectivity index (χ3n) is 7.08. The van der Waals surface area contributed by atoms with Gasteiger partial charge in [-0.15, -0.1) is 0 Å². The minimum Gasteiger partial charge on any atom is -0.399 e. The molecular formula is C30H34N6O5S. The molecule has 2 heterocycles. The van der Waals surface area contributed by atoms with Gasteiger partial charge in [0.25, 0.3) is 5.91 Å².